The van der Waals surface area contributed by atoms with Crippen molar-refractivity contribution in [3.05, 3.63) is 60.3 Å². The molecule has 0 aliphatic heterocycles. The molecule has 0 spiro atoms. The van der Waals surface area contributed by atoms with E-state index in [1.165, 1.54) is 12.1 Å². The van der Waals surface area contributed by atoms with Crippen LogP contribution in [0.1, 0.15) is 31.4 Å². The summed E-state index contributed by atoms with van der Waals surface area (Å²) in [6.45, 7) is 0.0347. The van der Waals surface area contributed by atoms with E-state index in [1.807, 2.05) is 24.3 Å². The fourth-order valence-electron chi connectivity index (χ4n) is 4.01. The van der Waals surface area contributed by atoms with Gasteiger partial charge < -0.3 is 9.84 Å². The van der Waals surface area contributed by atoms with Crippen molar-refractivity contribution in [2.45, 2.75) is 43.2 Å². The second kappa shape index (κ2) is 9.72. The normalized spacial score (nSPS) is 18.7. The molecule has 9 nitrogen and oxygen atoms in total. The molecule has 0 bridgehead atoms. The summed E-state index contributed by atoms with van der Waals surface area (Å²) in [5.41, 5.74) is 1.97. The van der Waals surface area contributed by atoms with E-state index < -0.39 is 16.0 Å². The van der Waals surface area contributed by atoms with E-state index in [-0.39, 0.29) is 23.5 Å². The summed E-state index contributed by atoms with van der Waals surface area (Å²) in [7, 11) is -1.96. The topological polar surface area (TPSA) is 123 Å². The molecule has 0 saturated heterocycles. The maximum atomic E-state index is 12.6. The Labute approximate surface area is 192 Å². The quantitative estimate of drug-likeness (QED) is 0.519. The number of nitrogens with one attached hydrogen (secondary N) is 1. The molecule has 0 amide bonds. The number of carboxylic acids is 1. The predicted octanol–water partition coefficient (Wildman–Crippen LogP) is 2.98. The molecule has 1 aromatic heterocycles. The Hall–Kier alpha value is -3.24. The summed E-state index contributed by atoms with van der Waals surface area (Å²) < 4.78 is 35.3. The Bertz CT molecular complexity index is 1210. The van der Waals surface area contributed by atoms with Gasteiger partial charge in [-0.1, -0.05) is 23.4 Å². The lowest BCUT2D eigenvalue weighted by atomic mass is 9.87. The molecule has 174 valence electrons. The monoisotopic (exact) mass is 470 g/mol. The van der Waals surface area contributed by atoms with Crippen molar-refractivity contribution in [2.24, 2.45) is 13.0 Å². The first-order valence-corrected chi connectivity index (χ1v) is 12.2. The van der Waals surface area contributed by atoms with Crippen LogP contribution in [0.4, 0.5) is 0 Å². The molecule has 2 unspecified atom stereocenters. The van der Waals surface area contributed by atoms with Crippen LogP contribution in [0.25, 0.3) is 11.3 Å². The summed E-state index contributed by atoms with van der Waals surface area (Å²) in [5.74, 6) is -0.466. The number of benzene rings is 2. The molecule has 2 aromatic carbocycles. The number of aryl methyl sites for hydroxylation is 1. The molecule has 1 heterocycles. The van der Waals surface area contributed by atoms with E-state index in [0.29, 0.717) is 30.0 Å². The van der Waals surface area contributed by atoms with E-state index in [4.69, 9.17) is 4.74 Å². The van der Waals surface area contributed by atoms with E-state index in [9.17, 15) is 18.3 Å². The van der Waals surface area contributed by atoms with E-state index in [2.05, 4.69) is 15.0 Å². The summed E-state index contributed by atoms with van der Waals surface area (Å²) >= 11 is 0. The third-order valence-electron chi connectivity index (χ3n) is 5.83. The van der Waals surface area contributed by atoms with Crippen LogP contribution in [0.3, 0.4) is 0 Å². The molecule has 10 heteroatoms. The van der Waals surface area contributed by atoms with Gasteiger partial charge in [0, 0.05) is 12.6 Å². The second-order valence-corrected chi connectivity index (χ2v) is 9.88. The van der Waals surface area contributed by atoms with Crippen molar-refractivity contribution >= 4 is 16.0 Å². The third-order valence-corrected chi connectivity index (χ3v) is 7.25. The molecule has 1 aliphatic rings. The van der Waals surface area contributed by atoms with Gasteiger partial charge in [0.15, 0.2) is 0 Å². The van der Waals surface area contributed by atoms with Crippen molar-refractivity contribution in [2.75, 3.05) is 0 Å². The molecule has 0 radical (unpaired) electrons. The van der Waals surface area contributed by atoms with Gasteiger partial charge in [-0.2, -0.15) is 0 Å². The molecule has 1 saturated carbocycles. The van der Waals surface area contributed by atoms with Crippen molar-refractivity contribution in [3.8, 4) is 17.0 Å². The molecule has 3 aromatic rings. The number of hydrogen-bond acceptors (Lipinski definition) is 6. The van der Waals surface area contributed by atoms with Gasteiger partial charge in [-0.15, -0.1) is 5.10 Å². The predicted molar refractivity (Wildman–Crippen MR) is 121 cm³/mol. The number of carbonyl (C=O) groups is 1. The maximum absolute atomic E-state index is 12.6. The minimum Gasteiger partial charge on any atom is -0.490 e. The molecule has 1 fully saturated rings. The average molecular weight is 471 g/mol. The molecule has 33 heavy (non-hydrogen) atoms. The smallest absolute Gasteiger partial charge is 0.306 e. The van der Waals surface area contributed by atoms with Crippen LogP contribution in [0.2, 0.25) is 0 Å². The minimum absolute atomic E-state index is 0.0347. The number of sulfonamides is 1. The summed E-state index contributed by atoms with van der Waals surface area (Å²) in [6, 6.07) is 15.5. The number of aliphatic carboxylic acids is 1. The Morgan fingerprint density at radius 2 is 1.88 bits per heavy atom. The number of rotatable bonds is 8. The van der Waals surface area contributed by atoms with Crippen LogP contribution < -0.4 is 9.46 Å². The summed E-state index contributed by atoms with van der Waals surface area (Å²) in [5, 5.41) is 17.5. The van der Waals surface area contributed by atoms with Crippen LogP contribution >= 0.6 is 0 Å². The lowest BCUT2D eigenvalue weighted by Gasteiger charge is -2.27. The van der Waals surface area contributed by atoms with Gasteiger partial charge in [0.2, 0.25) is 10.0 Å². The molecular weight excluding hydrogens is 444 g/mol. The highest BCUT2D eigenvalue weighted by Crippen LogP contribution is 2.29. The fourth-order valence-corrected chi connectivity index (χ4v) is 5.01. The van der Waals surface area contributed by atoms with Gasteiger partial charge in [-0.25, -0.2) is 13.1 Å². The Balaban J connectivity index is 1.45. The van der Waals surface area contributed by atoms with Gasteiger partial charge in [0.25, 0.3) is 0 Å². The van der Waals surface area contributed by atoms with E-state index in [0.717, 1.165) is 18.4 Å². The zero-order valence-corrected chi connectivity index (χ0v) is 19.0. The maximum Gasteiger partial charge on any atom is 0.306 e. The fraction of sp³-hybridized carbons (Fsp3) is 0.348. The van der Waals surface area contributed by atoms with E-state index in [1.54, 1.807) is 29.9 Å². The van der Waals surface area contributed by atoms with Crippen molar-refractivity contribution in [1.82, 2.24) is 19.7 Å². The van der Waals surface area contributed by atoms with Crippen molar-refractivity contribution in [3.63, 3.8) is 0 Å². The minimum atomic E-state index is -3.67. The molecule has 4 rings (SSSR count). The second-order valence-electron chi connectivity index (χ2n) is 8.11. The first-order chi connectivity index (χ1) is 15.8. The number of aromatic nitrogens is 3. The largest absolute Gasteiger partial charge is 0.490 e. The number of ether oxygens (including phenoxy) is 1. The molecular formula is C23H26N4O5S. The summed E-state index contributed by atoms with van der Waals surface area (Å²) in [6.07, 6.45) is 2.75. The highest BCUT2D eigenvalue weighted by molar-refractivity contribution is 7.89. The Kier molecular flexibility index (Phi) is 6.75. The highest BCUT2D eigenvalue weighted by Gasteiger charge is 2.28. The summed E-state index contributed by atoms with van der Waals surface area (Å²) in [4.78, 5) is 11.5. The van der Waals surface area contributed by atoms with Crippen molar-refractivity contribution in [1.29, 1.82) is 0 Å². The number of carboxylic acid groups (broad SMARTS) is 1. The van der Waals surface area contributed by atoms with Gasteiger partial charge in [-0.3, -0.25) is 9.48 Å². The first-order valence-electron chi connectivity index (χ1n) is 10.8. The van der Waals surface area contributed by atoms with Crippen LogP contribution in [0.15, 0.2) is 59.5 Å². The van der Waals surface area contributed by atoms with Crippen LogP contribution in [-0.4, -0.2) is 40.6 Å². The van der Waals surface area contributed by atoms with Gasteiger partial charge in [0.05, 0.1) is 29.2 Å². The lowest BCUT2D eigenvalue weighted by Crippen LogP contribution is -2.29. The van der Waals surface area contributed by atoms with Crippen molar-refractivity contribution < 1.29 is 23.1 Å². The number of hydrogen-bond donors (Lipinski definition) is 2. The average Bonchev–Trinajstić information content (AvgIpc) is 3.19. The third kappa shape index (κ3) is 5.40. The van der Waals surface area contributed by atoms with E-state index >= 15 is 0 Å². The van der Waals surface area contributed by atoms with Gasteiger partial charge in [0.1, 0.15) is 11.4 Å². The Morgan fingerprint density at radius 3 is 2.58 bits per heavy atom. The van der Waals surface area contributed by atoms with Crippen LogP contribution in [-0.2, 0) is 28.4 Å². The Morgan fingerprint density at radius 1 is 1.15 bits per heavy atom. The molecule has 2 N–H and O–H groups in total. The zero-order chi connectivity index (χ0) is 23.4. The standard InChI is InChI=1S/C23H26N4O5S/c1-27-21(15-24-33(30,31)20-8-3-2-4-9-20)22(25-26-27)16-10-12-18(13-11-16)32-19-7-5-6-17(14-19)23(28)29/h2-4,8-13,17,19,24H,5-7,14-15H2,1H3,(H,28,29). The SMILES string of the molecule is Cn1nnc(-c2ccc(OC3CCCC(C(=O)O)C3)cc2)c1CNS(=O)(=O)c1ccccc1. The van der Waals surface area contributed by atoms with Gasteiger partial charge >= 0.3 is 5.97 Å². The molecule has 1 aliphatic carbocycles. The van der Waals surface area contributed by atoms with Gasteiger partial charge in [-0.05, 0) is 62.1 Å². The zero-order valence-electron chi connectivity index (χ0n) is 18.2. The number of nitrogens with zero attached hydrogens (tertiary/aromatic N) is 3. The first kappa shape index (κ1) is 22.9. The van der Waals surface area contributed by atoms with Crippen LogP contribution in [0, 0.1) is 5.92 Å². The lowest BCUT2D eigenvalue weighted by molar-refractivity contribution is -0.143. The highest BCUT2D eigenvalue weighted by atomic mass is 32.2. The van der Waals surface area contributed by atoms with Crippen LogP contribution in [0.5, 0.6) is 5.75 Å². The molecule has 2 atom stereocenters.